The number of hydrogen-bond acceptors (Lipinski definition) is 2. The van der Waals surface area contributed by atoms with Crippen molar-refractivity contribution in [1.29, 1.82) is 0 Å². The highest BCUT2D eigenvalue weighted by atomic mass is 16.4. The maximum Gasteiger partial charge on any atom is 0.336 e. The van der Waals surface area contributed by atoms with Crippen LogP contribution in [0.3, 0.4) is 0 Å². The van der Waals surface area contributed by atoms with Crippen molar-refractivity contribution in [3.05, 3.63) is 41.2 Å². The second-order valence-corrected chi connectivity index (χ2v) is 4.31. The highest BCUT2D eigenvalue weighted by Crippen LogP contribution is 2.27. The molecule has 2 rings (SSSR count). The molecule has 0 fully saturated rings. The van der Waals surface area contributed by atoms with Gasteiger partial charge in [-0.1, -0.05) is 17.7 Å². The number of aromatic nitrogens is 2. The van der Waals surface area contributed by atoms with E-state index in [1.807, 2.05) is 37.6 Å². The van der Waals surface area contributed by atoms with Crippen molar-refractivity contribution in [2.24, 2.45) is 0 Å². The zero-order valence-corrected chi connectivity index (χ0v) is 10.8. The van der Waals surface area contributed by atoms with Crippen LogP contribution in [-0.4, -0.2) is 20.9 Å². The van der Waals surface area contributed by atoms with Crippen molar-refractivity contribution in [1.82, 2.24) is 9.78 Å². The maximum absolute atomic E-state index is 11.3. The SMILES string of the molecule is CCn1ncc(-c2ccc(C)cc2C(=O)O)c1C. The Morgan fingerprint density at radius 1 is 1.33 bits per heavy atom. The minimum absolute atomic E-state index is 0.328. The molecule has 1 aromatic heterocycles. The van der Waals surface area contributed by atoms with Gasteiger partial charge < -0.3 is 5.11 Å². The summed E-state index contributed by atoms with van der Waals surface area (Å²) < 4.78 is 1.86. The van der Waals surface area contributed by atoms with Crippen LogP contribution in [0, 0.1) is 13.8 Å². The highest BCUT2D eigenvalue weighted by Gasteiger charge is 2.15. The van der Waals surface area contributed by atoms with Crippen LogP contribution >= 0.6 is 0 Å². The second kappa shape index (κ2) is 4.64. The van der Waals surface area contributed by atoms with Crippen molar-refractivity contribution in [2.75, 3.05) is 0 Å². The van der Waals surface area contributed by atoms with Crippen molar-refractivity contribution in [3.8, 4) is 11.1 Å². The summed E-state index contributed by atoms with van der Waals surface area (Å²) in [6, 6.07) is 5.47. The van der Waals surface area contributed by atoms with Crippen LogP contribution in [0.25, 0.3) is 11.1 Å². The summed E-state index contributed by atoms with van der Waals surface area (Å²) >= 11 is 0. The average Bonchev–Trinajstić information content (AvgIpc) is 2.70. The van der Waals surface area contributed by atoms with E-state index in [2.05, 4.69) is 5.10 Å². The summed E-state index contributed by atoms with van der Waals surface area (Å²) in [4.78, 5) is 11.3. The lowest BCUT2D eigenvalue weighted by molar-refractivity contribution is 0.0697. The van der Waals surface area contributed by atoms with Crippen LogP contribution in [0.15, 0.2) is 24.4 Å². The van der Waals surface area contributed by atoms with E-state index >= 15 is 0 Å². The molecule has 0 atom stereocenters. The quantitative estimate of drug-likeness (QED) is 0.903. The summed E-state index contributed by atoms with van der Waals surface area (Å²) in [7, 11) is 0. The number of rotatable bonds is 3. The van der Waals surface area contributed by atoms with Crippen molar-refractivity contribution in [2.45, 2.75) is 27.3 Å². The molecule has 0 unspecified atom stereocenters. The number of benzene rings is 1. The van der Waals surface area contributed by atoms with E-state index < -0.39 is 5.97 Å². The van der Waals surface area contributed by atoms with Gasteiger partial charge >= 0.3 is 5.97 Å². The predicted octanol–water partition coefficient (Wildman–Crippen LogP) is 2.89. The van der Waals surface area contributed by atoms with Gasteiger partial charge in [-0.15, -0.1) is 0 Å². The molecular weight excluding hydrogens is 228 g/mol. The molecular formula is C14H16N2O2. The van der Waals surface area contributed by atoms with Crippen molar-refractivity contribution < 1.29 is 9.90 Å². The van der Waals surface area contributed by atoms with Crippen molar-refractivity contribution in [3.63, 3.8) is 0 Å². The number of aryl methyl sites for hydroxylation is 2. The molecule has 1 aromatic carbocycles. The fourth-order valence-electron chi connectivity index (χ4n) is 2.10. The molecule has 0 bridgehead atoms. The Morgan fingerprint density at radius 2 is 2.06 bits per heavy atom. The third kappa shape index (κ3) is 2.01. The van der Waals surface area contributed by atoms with E-state index in [-0.39, 0.29) is 0 Å². The van der Waals surface area contributed by atoms with Crippen LogP contribution < -0.4 is 0 Å². The van der Waals surface area contributed by atoms with Gasteiger partial charge in [0.25, 0.3) is 0 Å². The number of hydrogen-bond donors (Lipinski definition) is 1. The van der Waals surface area contributed by atoms with Crippen LogP contribution in [0.1, 0.15) is 28.5 Å². The Hall–Kier alpha value is -2.10. The zero-order chi connectivity index (χ0) is 13.3. The molecule has 2 aromatic rings. The molecule has 18 heavy (non-hydrogen) atoms. The molecule has 0 spiro atoms. The molecule has 94 valence electrons. The Labute approximate surface area is 106 Å². The summed E-state index contributed by atoms with van der Waals surface area (Å²) in [6.45, 7) is 6.63. The van der Waals surface area contributed by atoms with Gasteiger partial charge in [0.2, 0.25) is 0 Å². The molecule has 4 heteroatoms. The van der Waals surface area contributed by atoms with Gasteiger partial charge in [-0.25, -0.2) is 4.79 Å². The Kier molecular flexibility index (Phi) is 3.19. The highest BCUT2D eigenvalue weighted by molar-refractivity contribution is 5.96. The molecule has 0 aliphatic rings. The first-order valence-corrected chi connectivity index (χ1v) is 5.91. The first-order chi connectivity index (χ1) is 8.54. The summed E-state index contributed by atoms with van der Waals surface area (Å²) in [5.74, 6) is -0.905. The minimum Gasteiger partial charge on any atom is -0.478 e. The molecule has 0 saturated carbocycles. The topological polar surface area (TPSA) is 55.1 Å². The summed E-state index contributed by atoms with van der Waals surface area (Å²) in [5.41, 5.74) is 3.87. The molecule has 4 nitrogen and oxygen atoms in total. The third-order valence-electron chi connectivity index (χ3n) is 3.10. The monoisotopic (exact) mass is 244 g/mol. The van der Waals surface area contributed by atoms with E-state index in [0.717, 1.165) is 28.9 Å². The molecule has 0 radical (unpaired) electrons. The molecule has 1 N–H and O–H groups in total. The Morgan fingerprint density at radius 3 is 2.61 bits per heavy atom. The lowest BCUT2D eigenvalue weighted by Crippen LogP contribution is -2.02. The van der Waals surface area contributed by atoms with E-state index in [1.165, 1.54) is 0 Å². The number of carboxylic acids is 1. The standard InChI is InChI=1S/C14H16N2O2/c1-4-16-10(3)13(8-15-16)11-6-5-9(2)7-12(11)14(17)18/h5-8H,4H2,1-3H3,(H,17,18). The average molecular weight is 244 g/mol. The van der Waals surface area contributed by atoms with E-state index in [9.17, 15) is 9.90 Å². The van der Waals surface area contributed by atoms with Gasteiger partial charge in [-0.3, -0.25) is 4.68 Å². The maximum atomic E-state index is 11.3. The third-order valence-corrected chi connectivity index (χ3v) is 3.10. The second-order valence-electron chi connectivity index (χ2n) is 4.31. The normalized spacial score (nSPS) is 10.6. The van der Waals surface area contributed by atoms with Gasteiger partial charge in [0.1, 0.15) is 0 Å². The predicted molar refractivity (Wildman–Crippen MR) is 69.8 cm³/mol. The van der Waals surface area contributed by atoms with Crippen LogP contribution in [0.2, 0.25) is 0 Å². The van der Waals surface area contributed by atoms with Gasteiger partial charge in [-0.2, -0.15) is 5.10 Å². The van der Waals surface area contributed by atoms with E-state index in [4.69, 9.17) is 0 Å². The summed E-state index contributed by atoms with van der Waals surface area (Å²) in [5, 5.41) is 13.5. The lowest BCUT2D eigenvalue weighted by atomic mass is 9.98. The van der Waals surface area contributed by atoms with E-state index in [1.54, 1.807) is 12.3 Å². The Bertz CT molecular complexity index is 600. The number of aromatic carboxylic acids is 1. The van der Waals surface area contributed by atoms with E-state index in [0.29, 0.717) is 5.56 Å². The van der Waals surface area contributed by atoms with Crippen LogP contribution in [0.4, 0.5) is 0 Å². The number of nitrogens with zero attached hydrogens (tertiary/aromatic N) is 2. The molecule has 0 aliphatic carbocycles. The molecule has 0 saturated heterocycles. The fraction of sp³-hybridized carbons (Fsp3) is 0.286. The summed E-state index contributed by atoms with van der Waals surface area (Å²) in [6.07, 6.45) is 1.73. The van der Waals surface area contributed by atoms with Crippen LogP contribution in [-0.2, 0) is 6.54 Å². The largest absolute Gasteiger partial charge is 0.478 e. The zero-order valence-electron chi connectivity index (χ0n) is 10.8. The lowest BCUT2D eigenvalue weighted by Gasteiger charge is -2.07. The Balaban J connectivity index is 2.63. The first kappa shape index (κ1) is 12.4. The van der Waals surface area contributed by atoms with Crippen LogP contribution in [0.5, 0.6) is 0 Å². The molecule has 0 aliphatic heterocycles. The number of carbonyl (C=O) groups is 1. The first-order valence-electron chi connectivity index (χ1n) is 5.91. The van der Waals surface area contributed by atoms with Gasteiger partial charge in [-0.05, 0) is 32.4 Å². The van der Waals surface area contributed by atoms with Gasteiger partial charge in [0.05, 0.1) is 11.8 Å². The van der Waals surface area contributed by atoms with Gasteiger partial charge in [0, 0.05) is 17.8 Å². The number of carboxylic acid groups (broad SMARTS) is 1. The molecule has 0 amide bonds. The fourth-order valence-corrected chi connectivity index (χ4v) is 2.10. The van der Waals surface area contributed by atoms with Gasteiger partial charge in [0.15, 0.2) is 0 Å². The smallest absolute Gasteiger partial charge is 0.336 e. The van der Waals surface area contributed by atoms with Crippen molar-refractivity contribution >= 4 is 5.97 Å². The minimum atomic E-state index is -0.905. The molecule has 1 heterocycles.